The predicted molar refractivity (Wildman–Crippen MR) is 53.8 cm³/mol. The van der Waals surface area contributed by atoms with E-state index in [0.717, 1.165) is 11.1 Å². The molecule has 0 heterocycles. The summed E-state index contributed by atoms with van der Waals surface area (Å²) in [7, 11) is -3.41. The maximum absolute atomic E-state index is 12.2. The third-order valence-corrected chi connectivity index (χ3v) is 3.21. The van der Waals surface area contributed by atoms with Gasteiger partial charge in [-0.15, -0.1) is 0 Å². The maximum Gasteiger partial charge on any atom is 0.412 e. The van der Waals surface area contributed by atoms with E-state index in [1.165, 1.54) is 0 Å². The molecule has 0 radical (unpaired) electrons. The van der Waals surface area contributed by atoms with Crippen molar-refractivity contribution in [3.05, 3.63) is 35.4 Å². The summed E-state index contributed by atoms with van der Waals surface area (Å²) in [6, 6.07) is 7.91. The van der Waals surface area contributed by atoms with E-state index in [1.807, 2.05) is 38.1 Å². The van der Waals surface area contributed by atoms with E-state index in [1.54, 1.807) is 0 Å². The van der Waals surface area contributed by atoms with Gasteiger partial charge < -0.3 is 0 Å². The predicted octanol–water partition coefficient (Wildman–Crippen LogP) is 3.26. The molecule has 1 aromatic rings. The van der Waals surface area contributed by atoms with Gasteiger partial charge in [0.05, 0.1) is 0 Å². The molecule has 1 unspecified atom stereocenters. The first-order valence-electron chi connectivity index (χ1n) is 4.44. The molecule has 0 N–H and O–H groups in total. The molecule has 72 valence electrons. The van der Waals surface area contributed by atoms with Crippen LogP contribution in [0, 0.1) is 6.92 Å². The van der Waals surface area contributed by atoms with Gasteiger partial charge in [0.1, 0.15) is 0 Å². The van der Waals surface area contributed by atoms with Crippen molar-refractivity contribution in [2.45, 2.75) is 25.8 Å². The Kier molecular flexibility index (Phi) is 3.60. The average Bonchev–Trinajstić information content (AvgIpc) is 2.03. The molecule has 13 heavy (non-hydrogen) atoms. The number of aryl methyl sites for hydroxylation is 1. The Hall–Kier alpha value is -0.703. The van der Waals surface area contributed by atoms with Gasteiger partial charge in [-0.25, -0.2) is 0 Å². The number of hydrogen-bond donors (Lipinski definition) is 0. The molecule has 0 saturated carbocycles. The zero-order valence-corrected chi connectivity index (χ0v) is 9.08. The summed E-state index contributed by atoms with van der Waals surface area (Å²) in [5.74, 6) is 0.00608. The molecule has 0 aliphatic rings. The van der Waals surface area contributed by atoms with Crippen LogP contribution in [0.3, 0.4) is 0 Å². The molecule has 1 atom stereocenters. The molecule has 0 nitrogen and oxygen atoms in total. The van der Waals surface area contributed by atoms with Crippen LogP contribution < -0.4 is 0 Å². The Balaban J connectivity index is 2.71. The van der Waals surface area contributed by atoms with E-state index in [0.29, 0.717) is 0 Å². The van der Waals surface area contributed by atoms with E-state index < -0.39 is 9.46 Å². The smallest absolute Gasteiger partial charge is 0.275 e. The lowest BCUT2D eigenvalue weighted by molar-refractivity contribution is 0.630. The van der Waals surface area contributed by atoms with Crippen LogP contribution in [-0.4, -0.2) is 9.46 Å². The van der Waals surface area contributed by atoms with Crippen LogP contribution in [0.1, 0.15) is 24.0 Å². The number of halogens is 2. The van der Waals surface area contributed by atoms with Crippen molar-refractivity contribution in [3.8, 4) is 0 Å². The van der Waals surface area contributed by atoms with Gasteiger partial charge in [0.2, 0.25) is 0 Å². The topological polar surface area (TPSA) is 0 Å². The van der Waals surface area contributed by atoms with Gasteiger partial charge in [0.25, 0.3) is 0 Å². The van der Waals surface area contributed by atoms with Crippen LogP contribution in [0.4, 0.5) is 8.22 Å². The molecule has 1 aromatic carbocycles. The Labute approximate surface area is 79.5 Å². The van der Waals surface area contributed by atoms with E-state index in [-0.39, 0.29) is 12.0 Å². The third-order valence-electron chi connectivity index (χ3n) is 2.14. The Morgan fingerprint density at radius 3 is 2.62 bits per heavy atom. The second-order valence-corrected chi connectivity index (χ2v) is 4.70. The molecule has 0 amide bonds. The fraction of sp³-hybridized carbons (Fsp3) is 0.400. The minimum atomic E-state index is -3.41. The van der Waals surface area contributed by atoms with Crippen LogP contribution in [0.25, 0.3) is 0 Å². The molecule has 0 spiro atoms. The number of rotatable bonds is 3. The standard InChI is InChI=1S/C10H14F2Si/c1-8-4-3-5-10(6-8)9(2)7-13(11)12/h3-6,9,13H,7H2,1-2H3. The molecule has 0 saturated heterocycles. The first-order valence-corrected chi connectivity index (χ1v) is 6.13. The highest BCUT2D eigenvalue weighted by molar-refractivity contribution is 6.42. The number of benzene rings is 1. The summed E-state index contributed by atoms with van der Waals surface area (Å²) in [6.07, 6.45) is 0. The monoisotopic (exact) mass is 200 g/mol. The average molecular weight is 200 g/mol. The second-order valence-electron chi connectivity index (χ2n) is 3.44. The summed E-state index contributed by atoms with van der Waals surface area (Å²) >= 11 is 0. The molecule has 1 rings (SSSR count). The van der Waals surface area contributed by atoms with Crippen LogP contribution in [0.15, 0.2) is 24.3 Å². The quantitative estimate of drug-likeness (QED) is 0.519. The SMILES string of the molecule is Cc1cccc(C(C)C[SiH](F)F)c1. The zero-order valence-electron chi connectivity index (χ0n) is 7.93. The van der Waals surface area contributed by atoms with Crippen LogP contribution in [0.2, 0.25) is 6.04 Å². The van der Waals surface area contributed by atoms with Crippen LogP contribution >= 0.6 is 0 Å². The first-order chi connectivity index (χ1) is 6.09. The van der Waals surface area contributed by atoms with Crippen LogP contribution in [-0.2, 0) is 0 Å². The minimum Gasteiger partial charge on any atom is -0.275 e. The van der Waals surface area contributed by atoms with Gasteiger partial charge in [0, 0.05) is 6.04 Å². The fourth-order valence-electron chi connectivity index (χ4n) is 1.38. The summed E-state index contributed by atoms with van der Waals surface area (Å²) in [5, 5.41) is 0. The summed E-state index contributed by atoms with van der Waals surface area (Å²) in [6.45, 7) is 3.85. The van der Waals surface area contributed by atoms with Crippen molar-refractivity contribution in [1.29, 1.82) is 0 Å². The van der Waals surface area contributed by atoms with E-state index in [2.05, 4.69) is 0 Å². The lowest BCUT2D eigenvalue weighted by Gasteiger charge is -2.10. The lowest BCUT2D eigenvalue weighted by Crippen LogP contribution is -2.03. The summed E-state index contributed by atoms with van der Waals surface area (Å²) < 4.78 is 24.4. The Bertz CT molecular complexity index is 273. The molecule has 0 fully saturated rings. The van der Waals surface area contributed by atoms with Gasteiger partial charge in [0.15, 0.2) is 0 Å². The normalized spacial score (nSPS) is 13.3. The molecule has 0 bridgehead atoms. The molecular weight excluding hydrogens is 186 g/mol. The van der Waals surface area contributed by atoms with Gasteiger partial charge >= 0.3 is 9.46 Å². The van der Waals surface area contributed by atoms with E-state index in [4.69, 9.17) is 0 Å². The minimum absolute atomic E-state index is 0.00608. The highest BCUT2D eigenvalue weighted by Crippen LogP contribution is 2.22. The molecule has 0 aromatic heterocycles. The maximum atomic E-state index is 12.2. The first kappa shape index (κ1) is 10.4. The summed E-state index contributed by atoms with van der Waals surface area (Å²) in [5.41, 5.74) is 2.17. The molecule has 3 heteroatoms. The second kappa shape index (κ2) is 4.51. The fourth-order valence-corrected chi connectivity index (χ4v) is 2.19. The molecule has 0 aliphatic carbocycles. The molecule has 0 aliphatic heterocycles. The van der Waals surface area contributed by atoms with E-state index in [9.17, 15) is 8.22 Å². The van der Waals surface area contributed by atoms with Gasteiger partial charge in [-0.3, -0.25) is 8.22 Å². The van der Waals surface area contributed by atoms with Crippen molar-refractivity contribution in [1.82, 2.24) is 0 Å². The van der Waals surface area contributed by atoms with Gasteiger partial charge in [-0.2, -0.15) is 0 Å². The Morgan fingerprint density at radius 1 is 1.38 bits per heavy atom. The lowest BCUT2D eigenvalue weighted by atomic mass is 10.0. The summed E-state index contributed by atoms with van der Waals surface area (Å²) in [4.78, 5) is 0. The highest BCUT2D eigenvalue weighted by atomic mass is 28.4. The van der Waals surface area contributed by atoms with Crippen molar-refractivity contribution in [2.24, 2.45) is 0 Å². The van der Waals surface area contributed by atoms with Gasteiger partial charge in [-0.1, -0.05) is 36.8 Å². The zero-order chi connectivity index (χ0) is 9.84. The van der Waals surface area contributed by atoms with Crippen molar-refractivity contribution in [2.75, 3.05) is 0 Å². The van der Waals surface area contributed by atoms with Crippen molar-refractivity contribution < 1.29 is 8.22 Å². The van der Waals surface area contributed by atoms with E-state index >= 15 is 0 Å². The molecular formula is C10H14F2Si. The highest BCUT2D eigenvalue weighted by Gasteiger charge is 2.14. The van der Waals surface area contributed by atoms with Crippen LogP contribution in [0.5, 0.6) is 0 Å². The van der Waals surface area contributed by atoms with Crippen molar-refractivity contribution in [3.63, 3.8) is 0 Å². The number of hydrogen-bond acceptors (Lipinski definition) is 0. The largest absolute Gasteiger partial charge is 0.412 e. The van der Waals surface area contributed by atoms with Crippen molar-refractivity contribution >= 4 is 9.46 Å². The third kappa shape index (κ3) is 3.26. The van der Waals surface area contributed by atoms with Gasteiger partial charge in [-0.05, 0) is 18.4 Å². The Morgan fingerprint density at radius 2 is 2.08 bits per heavy atom.